The number of carbonyl (C=O) groups excluding carboxylic acids is 1. The molecule has 2 nitrogen and oxygen atoms in total. The molecule has 138 valence electrons. The van der Waals surface area contributed by atoms with Crippen molar-refractivity contribution in [3.05, 3.63) is 47.0 Å². The maximum atomic E-state index is 13.2. The van der Waals surface area contributed by atoms with Crippen molar-refractivity contribution in [2.24, 2.45) is 23.7 Å². The predicted molar refractivity (Wildman–Crippen MR) is 102 cm³/mol. The van der Waals surface area contributed by atoms with Crippen LogP contribution < -0.4 is 0 Å². The van der Waals surface area contributed by atoms with Crippen LogP contribution in [0, 0.1) is 23.7 Å². The molecule has 1 saturated heterocycles. The monoisotopic (exact) mass is 350 g/mol. The molecule has 2 heteroatoms. The summed E-state index contributed by atoms with van der Waals surface area (Å²) < 4.78 is 6.36. The average Bonchev–Trinajstić information content (AvgIpc) is 3.03. The van der Waals surface area contributed by atoms with Crippen molar-refractivity contribution in [2.45, 2.75) is 70.3 Å². The van der Waals surface area contributed by atoms with E-state index in [4.69, 9.17) is 4.74 Å². The molecule has 3 fully saturated rings. The minimum atomic E-state index is -0.417. The summed E-state index contributed by atoms with van der Waals surface area (Å²) >= 11 is 0. The zero-order valence-electron chi connectivity index (χ0n) is 15.9. The third-order valence-electron chi connectivity index (χ3n) is 7.86. The van der Waals surface area contributed by atoms with Gasteiger partial charge in [-0.15, -0.1) is 0 Å². The summed E-state index contributed by atoms with van der Waals surface area (Å²) in [4.78, 5) is 13.2. The molecule has 0 N–H and O–H groups in total. The Morgan fingerprint density at radius 3 is 2.31 bits per heavy atom. The summed E-state index contributed by atoms with van der Waals surface area (Å²) in [6.45, 7) is 2.21. The van der Waals surface area contributed by atoms with Crippen molar-refractivity contribution in [2.75, 3.05) is 0 Å². The number of esters is 1. The summed E-state index contributed by atoms with van der Waals surface area (Å²) in [7, 11) is 0. The SMILES string of the molecule is CC[C@@]1(c2ccccc2)OC(=O)[C@@H]2[C@@H]1[C@@H]1CCCCC1=C1CCCC[C@@H]12. The molecule has 0 amide bonds. The number of cyclic esters (lactones) is 1. The topological polar surface area (TPSA) is 26.3 Å². The third kappa shape index (κ3) is 2.20. The largest absolute Gasteiger partial charge is 0.454 e. The van der Waals surface area contributed by atoms with Crippen LogP contribution >= 0.6 is 0 Å². The summed E-state index contributed by atoms with van der Waals surface area (Å²) in [5.41, 5.74) is 4.22. The molecule has 26 heavy (non-hydrogen) atoms. The van der Waals surface area contributed by atoms with E-state index in [0.29, 0.717) is 17.8 Å². The molecule has 0 aromatic heterocycles. The van der Waals surface area contributed by atoms with Crippen LogP contribution in [0.15, 0.2) is 41.5 Å². The Morgan fingerprint density at radius 2 is 1.62 bits per heavy atom. The van der Waals surface area contributed by atoms with Crippen LogP contribution in [0.5, 0.6) is 0 Å². The number of fused-ring (bicyclic) bond motifs is 5. The van der Waals surface area contributed by atoms with E-state index < -0.39 is 5.60 Å². The normalized spacial score (nSPS) is 39.0. The standard InChI is InChI=1S/C24H30O2/c1-2-24(16-10-4-3-5-11-16)22-20-15-9-7-13-18(20)17-12-6-8-14-19(17)21(22)23(25)26-24/h3-5,10-11,19-22H,2,6-9,12-15H2,1H3/t19-,20+,21-,22-,24-/m0/s1. The third-order valence-corrected chi connectivity index (χ3v) is 7.86. The van der Waals surface area contributed by atoms with E-state index in [1.165, 1.54) is 56.9 Å². The van der Waals surface area contributed by atoms with Gasteiger partial charge < -0.3 is 4.74 Å². The van der Waals surface area contributed by atoms with Gasteiger partial charge in [0.1, 0.15) is 5.60 Å². The Labute approximate surface area is 157 Å². The van der Waals surface area contributed by atoms with Crippen molar-refractivity contribution in [3.63, 3.8) is 0 Å². The molecular formula is C24H30O2. The second kappa shape index (κ2) is 6.25. The number of allylic oxidation sites excluding steroid dienone is 2. The molecule has 1 heterocycles. The van der Waals surface area contributed by atoms with Crippen LogP contribution in [0.1, 0.15) is 70.3 Å². The van der Waals surface area contributed by atoms with E-state index in [2.05, 4.69) is 37.3 Å². The first-order chi connectivity index (χ1) is 12.8. The van der Waals surface area contributed by atoms with Crippen LogP contribution in [0.2, 0.25) is 0 Å². The van der Waals surface area contributed by atoms with Gasteiger partial charge in [-0.3, -0.25) is 4.79 Å². The Morgan fingerprint density at radius 1 is 0.962 bits per heavy atom. The van der Waals surface area contributed by atoms with Gasteiger partial charge in [-0.1, -0.05) is 61.2 Å². The number of hydrogen-bond donors (Lipinski definition) is 0. The highest BCUT2D eigenvalue weighted by Gasteiger charge is 2.63. The lowest BCUT2D eigenvalue weighted by Gasteiger charge is -2.49. The van der Waals surface area contributed by atoms with Crippen molar-refractivity contribution in [1.29, 1.82) is 0 Å². The second-order valence-corrected chi connectivity index (χ2v) is 8.84. The first-order valence-electron chi connectivity index (χ1n) is 10.8. The molecule has 3 aliphatic carbocycles. The molecule has 1 aromatic carbocycles. The highest BCUT2D eigenvalue weighted by atomic mass is 16.6. The molecule has 1 aliphatic heterocycles. The van der Waals surface area contributed by atoms with Crippen molar-refractivity contribution in [1.82, 2.24) is 0 Å². The van der Waals surface area contributed by atoms with Crippen LogP contribution in [0.4, 0.5) is 0 Å². The lowest BCUT2D eigenvalue weighted by atomic mass is 9.53. The fraction of sp³-hybridized carbons (Fsp3) is 0.625. The Hall–Kier alpha value is -1.57. The van der Waals surface area contributed by atoms with E-state index >= 15 is 0 Å². The Kier molecular flexibility index (Phi) is 3.99. The zero-order valence-corrected chi connectivity index (χ0v) is 15.9. The van der Waals surface area contributed by atoms with E-state index in [1.807, 2.05) is 0 Å². The number of benzene rings is 1. The zero-order chi connectivity index (χ0) is 17.7. The minimum absolute atomic E-state index is 0.0923. The highest BCUT2D eigenvalue weighted by Crippen LogP contribution is 2.62. The van der Waals surface area contributed by atoms with Gasteiger partial charge >= 0.3 is 5.97 Å². The Balaban J connectivity index is 1.68. The fourth-order valence-corrected chi connectivity index (χ4v) is 6.89. The molecule has 5 rings (SSSR count). The van der Waals surface area contributed by atoms with Gasteiger partial charge in [0, 0.05) is 5.92 Å². The summed E-state index contributed by atoms with van der Waals surface area (Å²) in [5.74, 6) is 1.55. The molecule has 4 aliphatic rings. The van der Waals surface area contributed by atoms with Crippen LogP contribution in [-0.2, 0) is 15.1 Å². The maximum Gasteiger partial charge on any atom is 0.310 e. The number of hydrogen-bond acceptors (Lipinski definition) is 2. The van der Waals surface area contributed by atoms with E-state index in [0.717, 1.165) is 6.42 Å². The molecule has 5 atom stereocenters. The fourth-order valence-electron chi connectivity index (χ4n) is 6.89. The molecule has 0 spiro atoms. The quantitative estimate of drug-likeness (QED) is 0.500. The van der Waals surface area contributed by atoms with Gasteiger partial charge in [0.15, 0.2) is 0 Å². The van der Waals surface area contributed by atoms with Crippen molar-refractivity contribution < 1.29 is 9.53 Å². The summed E-state index contributed by atoms with van der Waals surface area (Å²) in [6.07, 6.45) is 11.0. The first kappa shape index (κ1) is 16.6. The molecule has 0 radical (unpaired) electrons. The number of rotatable bonds is 2. The Bertz CT molecular complexity index is 734. The minimum Gasteiger partial charge on any atom is -0.454 e. The van der Waals surface area contributed by atoms with Crippen molar-refractivity contribution in [3.8, 4) is 0 Å². The average molecular weight is 351 g/mol. The van der Waals surface area contributed by atoms with E-state index in [1.54, 1.807) is 11.1 Å². The van der Waals surface area contributed by atoms with Crippen molar-refractivity contribution >= 4 is 5.97 Å². The molecule has 1 aromatic rings. The summed E-state index contributed by atoms with van der Waals surface area (Å²) in [6, 6.07) is 10.6. The van der Waals surface area contributed by atoms with Gasteiger partial charge in [-0.05, 0) is 62.3 Å². The van der Waals surface area contributed by atoms with E-state index in [-0.39, 0.29) is 11.9 Å². The molecule has 0 unspecified atom stereocenters. The number of ether oxygens (including phenoxy) is 1. The van der Waals surface area contributed by atoms with Gasteiger partial charge in [0.2, 0.25) is 0 Å². The van der Waals surface area contributed by atoms with E-state index in [9.17, 15) is 4.79 Å². The van der Waals surface area contributed by atoms with Crippen LogP contribution in [0.3, 0.4) is 0 Å². The van der Waals surface area contributed by atoms with Crippen LogP contribution in [0.25, 0.3) is 0 Å². The molecule has 2 saturated carbocycles. The number of carbonyl (C=O) groups is 1. The lowest BCUT2D eigenvalue weighted by molar-refractivity contribution is -0.153. The molecular weight excluding hydrogens is 320 g/mol. The van der Waals surface area contributed by atoms with Gasteiger partial charge in [-0.25, -0.2) is 0 Å². The predicted octanol–water partition coefficient (Wildman–Crippen LogP) is 5.77. The van der Waals surface area contributed by atoms with Gasteiger partial charge in [0.25, 0.3) is 0 Å². The maximum absolute atomic E-state index is 13.2. The second-order valence-electron chi connectivity index (χ2n) is 8.84. The van der Waals surface area contributed by atoms with Crippen LogP contribution in [-0.4, -0.2) is 5.97 Å². The van der Waals surface area contributed by atoms with Gasteiger partial charge in [-0.2, -0.15) is 0 Å². The lowest BCUT2D eigenvalue weighted by Crippen LogP contribution is -2.46. The first-order valence-corrected chi connectivity index (χ1v) is 10.8. The summed E-state index contributed by atoms with van der Waals surface area (Å²) in [5, 5.41) is 0. The molecule has 0 bridgehead atoms. The van der Waals surface area contributed by atoms with Gasteiger partial charge in [0.05, 0.1) is 5.92 Å². The highest BCUT2D eigenvalue weighted by molar-refractivity contribution is 5.78. The smallest absolute Gasteiger partial charge is 0.310 e.